The van der Waals surface area contributed by atoms with Gasteiger partial charge in [0.1, 0.15) is 9.63 Å². The zero-order valence-electron chi connectivity index (χ0n) is 38.1. The van der Waals surface area contributed by atoms with Gasteiger partial charge in [0.2, 0.25) is 21.8 Å². The van der Waals surface area contributed by atoms with Gasteiger partial charge in [-0.2, -0.15) is 20.2 Å². The number of aromatic amines is 3. The average Bonchev–Trinajstić information content (AvgIpc) is 3.78. The van der Waals surface area contributed by atoms with Crippen LogP contribution in [0.2, 0.25) is 0 Å². The van der Waals surface area contributed by atoms with Crippen molar-refractivity contribution in [3.8, 4) is 0 Å². The van der Waals surface area contributed by atoms with E-state index in [0.717, 1.165) is 39.8 Å². The number of hydrogen-bond acceptors (Lipinski definition) is 13. The van der Waals surface area contributed by atoms with Crippen LogP contribution in [0, 0.1) is 4.77 Å². The van der Waals surface area contributed by atoms with Crippen molar-refractivity contribution in [3.05, 3.63) is 89.5 Å². The van der Waals surface area contributed by atoms with Crippen LogP contribution in [0.4, 0.5) is 23.3 Å². The Morgan fingerprint density at radius 2 is 1.15 bits per heavy atom. The summed E-state index contributed by atoms with van der Waals surface area (Å²) in [5, 5.41) is 31.4. The second-order valence-corrected chi connectivity index (χ2v) is 21.4. The largest absolute Gasteiger partial charge is 0.374 e. The molecule has 2 saturated heterocycles. The Labute approximate surface area is 407 Å². The zero-order chi connectivity index (χ0) is 45.3. The maximum Gasteiger partial charge on any atom is 0.224 e. The summed E-state index contributed by atoms with van der Waals surface area (Å²) < 4.78 is 27.8. The van der Waals surface area contributed by atoms with Gasteiger partial charge >= 0.3 is 0 Å². The smallest absolute Gasteiger partial charge is 0.224 e. The highest BCUT2D eigenvalue weighted by molar-refractivity contribution is 9.10. The number of benzene rings is 2. The average molecular weight is 1010 g/mol. The minimum Gasteiger partial charge on any atom is -0.374 e. The third-order valence-electron chi connectivity index (χ3n) is 14.9. The third kappa shape index (κ3) is 8.39. The second kappa shape index (κ2) is 17.9. The van der Waals surface area contributed by atoms with E-state index in [1.54, 1.807) is 14.2 Å². The predicted molar refractivity (Wildman–Crippen MR) is 260 cm³/mol. The summed E-state index contributed by atoms with van der Waals surface area (Å²) in [4.78, 5) is 9.00. The predicted octanol–water partition coefficient (Wildman–Crippen LogP) is 9.12. The van der Waals surface area contributed by atoms with Crippen LogP contribution in [0.5, 0.6) is 0 Å². The van der Waals surface area contributed by atoms with Gasteiger partial charge in [0.25, 0.3) is 0 Å². The van der Waals surface area contributed by atoms with Gasteiger partial charge < -0.3 is 29.6 Å². The lowest BCUT2D eigenvalue weighted by Crippen LogP contribution is -2.49. The van der Waals surface area contributed by atoms with Crippen molar-refractivity contribution in [1.82, 2.24) is 49.9 Å². The summed E-state index contributed by atoms with van der Waals surface area (Å²) in [6.07, 6.45) is 19.3. The lowest BCUT2D eigenvalue weighted by atomic mass is 9.97. The molecule has 0 bridgehead atoms. The number of ether oxygens (including phenoxy) is 4. The van der Waals surface area contributed by atoms with Crippen molar-refractivity contribution < 1.29 is 18.9 Å². The molecule has 4 aromatic heterocycles. The summed E-state index contributed by atoms with van der Waals surface area (Å²) in [5.74, 6) is 1.42. The van der Waals surface area contributed by atoms with E-state index in [9.17, 15) is 0 Å². The van der Waals surface area contributed by atoms with Crippen molar-refractivity contribution >= 4 is 63.2 Å². The first-order valence-electron chi connectivity index (χ1n) is 24.0. The number of hydrogen-bond donors (Lipinski definition) is 5. The van der Waals surface area contributed by atoms with Crippen molar-refractivity contribution in [2.75, 3.05) is 51.3 Å². The maximum absolute atomic E-state index is 5.84. The Balaban J connectivity index is 0.000000116. The van der Waals surface area contributed by atoms with Crippen LogP contribution in [-0.2, 0) is 81.5 Å². The van der Waals surface area contributed by atoms with Gasteiger partial charge in [0.05, 0.1) is 49.9 Å². The van der Waals surface area contributed by atoms with Gasteiger partial charge in [0.15, 0.2) is 11.2 Å². The molecule has 2 saturated carbocycles. The summed E-state index contributed by atoms with van der Waals surface area (Å²) in [7, 11) is 3.49. The van der Waals surface area contributed by atoms with E-state index in [-0.39, 0.29) is 11.2 Å². The molecule has 67 heavy (non-hydrogen) atoms. The number of rotatable bonds is 12. The minimum absolute atomic E-state index is 0.262. The Morgan fingerprint density at radius 3 is 1.60 bits per heavy atom. The first-order valence-corrected chi connectivity index (χ1v) is 26.0. The summed E-state index contributed by atoms with van der Waals surface area (Å²) >= 11 is 9.93. The van der Waals surface area contributed by atoms with Gasteiger partial charge in [-0.1, -0.05) is 12.1 Å². The van der Waals surface area contributed by atoms with Crippen LogP contribution in [0.1, 0.15) is 119 Å². The standard InChI is InChI=1S/C24H28N6O2S.C14H16N4S.C10H13BrN2O2/c1-31-24(12-32-13-24)19-11-20(29-30(19)16-8-9-16)33-23-26-22(27-28-23)25-21-17-6-2-4-14(17)10-15-5-3-7-18(15)21;19-14-16-13(17-18-14)15-12-10-5-1-3-8(10)7-9-4-2-6-11(9)12;1-14-10(5-15-6-10)8-4-9(11)12-13(8)7-2-3-7/h10-11,16H,2-9,12-13H2,1H3,(H2,25,26,27,28);7H,1-6H2,(H3,15,16,17,18,19);4,7H,2-3,5-6H2,1H3. The molecule has 0 spiro atoms. The van der Waals surface area contributed by atoms with Crippen molar-refractivity contribution in [3.63, 3.8) is 0 Å². The number of aromatic nitrogens is 10. The number of fused-ring (bicyclic) bond motifs is 4. The fourth-order valence-electron chi connectivity index (χ4n) is 10.9. The Bertz CT molecular complexity index is 2810. The first-order chi connectivity index (χ1) is 32.8. The number of H-pyrrole nitrogens is 3. The molecule has 2 aliphatic heterocycles. The van der Waals surface area contributed by atoms with Crippen molar-refractivity contribution in [2.45, 2.75) is 136 Å². The number of nitrogens with zero attached hydrogens (tertiary/aromatic N) is 7. The van der Waals surface area contributed by atoms with Gasteiger partial charge in [-0.3, -0.25) is 19.6 Å². The molecule has 6 aromatic rings. The highest BCUT2D eigenvalue weighted by Crippen LogP contribution is 2.45. The molecule has 2 aromatic carbocycles. The molecular weight excluding hydrogens is 953 g/mol. The monoisotopic (exact) mass is 1010 g/mol. The van der Waals surface area contributed by atoms with Crippen LogP contribution < -0.4 is 10.6 Å². The van der Waals surface area contributed by atoms with Gasteiger partial charge in [-0.05, 0) is 199 Å². The molecule has 4 fully saturated rings. The Kier molecular flexibility index (Phi) is 11.7. The van der Waals surface area contributed by atoms with Crippen LogP contribution in [-0.4, -0.2) is 90.6 Å². The number of anilines is 4. The molecule has 0 amide bonds. The topological polar surface area (TPSA) is 183 Å². The third-order valence-corrected chi connectivity index (χ3v) is 16.2. The van der Waals surface area contributed by atoms with Gasteiger partial charge in [-0.25, -0.2) is 5.10 Å². The molecule has 5 N–H and O–H groups in total. The van der Waals surface area contributed by atoms with E-state index in [0.29, 0.717) is 54.4 Å². The molecule has 14 rings (SSSR count). The molecule has 8 aliphatic rings. The molecule has 6 heterocycles. The quantitative estimate of drug-likeness (QED) is 0.0733. The maximum atomic E-state index is 5.84. The highest BCUT2D eigenvalue weighted by atomic mass is 79.9. The molecule has 352 valence electrons. The summed E-state index contributed by atoms with van der Waals surface area (Å²) in [5.41, 5.74) is 16.2. The summed E-state index contributed by atoms with van der Waals surface area (Å²) in [6, 6.07) is 10.1. The molecule has 0 atom stereocenters. The SMILES string of the molecule is COC1(c2cc(Br)nn2C2CC2)COC1.COC1(c2cc(Sc3n[nH]c(Nc4c5c(cc6c4CCC6)CCC5)n3)nn2C2CC2)COC1.S=c1nc(Nc2c3c(cc4c2CCC4)CCC3)[nH][nH]1. The highest BCUT2D eigenvalue weighted by Gasteiger charge is 2.47. The van der Waals surface area contributed by atoms with Gasteiger partial charge in [-0.15, -0.1) is 5.10 Å². The van der Waals surface area contributed by atoms with E-state index in [2.05, 4.69) is 84.6 Å². The Hall–Kier alpha value is -4.37. The number of aryl methyl sites for hydroxylation is 4. The number of nitrogens with one attached hydrogen (secondary N) is 5. The molecular formula is C48H57BrN12O4S2. The van der Waals surface area contributed by atoms with E-state index < -0.39 is 0 Å². The lowest BCUT2D eigenvalue weighted by Gasteiger charge is -2.40. The fraction of sp³-hybridized carbons (Fsp3) is 0.542. The van der Waals surface area contributed by atoms with E-state index in [1.165, 1.54) is 158 Å². The van der Waals surface area contributed by atoms with E-state index >= 15 is 0 Å². The van der Waals surface area contributed by atoms with Crippen LogP contribution in [0.25, 0.3) is 0 Å². The first kappa shape index (κ1) is 43.9. The normalized spacial score (nSPS) is 20.1. The molecule has 0 radical (unpaired) electrons. The second-order valence-electron chi connectivity index (χ2n) is 19.3. The van der Waals surface area contributed by atoms with Crippen LogP contribution in [0.3, 0.4) is 0 Å². The lowest BCUT2D eigenvalue weighted by molar-refractivity contribution is -0.206. The number of methoxy groups -OCH3 is 2. The molecule has 0 unspecified atom stereocenters. The molecule has 19 heteroatoms. The van der Waals surface area contributed by atoms with Gasteiger partial charge in [0, 0.05) is 25.6 Å². The zero-order valence-corrected chi connectivity index (χ0v) is 41.3. The van der Waals surface area contributed by atoms with Crippen molar-refractivity contribution in [1.29, 1.82) is 0 Å². The van der Waals surface area contributed by atoms with Crippen molar-refractivity contribution in [2.24, 2.45) is 0 Å². The number of halogens is 1. The van der Waals surface area contributed by atoms with Crippen LogP contribution >= 0.6 is 39.9 Å². The minimum atomic E-state index is -0.381. The molecule has 6 aliphatic carbocycles. The molecule has 16 nitrogen and oxygen atoms in total. The fourth-order valence-corrected chi connectivity index (χ4v) is 12.2. The van der Waals surface area contributed by atoms with E-state index in [4.69, 9.17) is 41.2 Å². The Morgan fingerprint density at radius 1 is 0.657 bits per heavy atom. The summed E-state index contributed by atoms with van der Waals surface area (Å²) in [6.45, 7) is 2.42. The van der Waals surface area contributed by atoms with Crippen LogP contribution in [0.15, 0.2) is 39.1 Å². The van der Waals surface area contributed by atoms with E-state index in [1.807, 2.05) is 6.07 Å².